The molecule has 1 saturated carbocycles. The van der Waals surface area contributed by atoms with Crippen molar-refractivity contribution in [2.24, 2.45) is 0 Å². The average molecular weight is 396 g/mol. The molecule has 1 atom stereocenters. The first kappa shape index (κ1) is 19.6. The number of nitrogens with zero attached hydrogens (tertiary/aromatic N) is 2. The molecular formula is C18H24N2O6S. The molecule has 1 unspecified atom stereocenters. The highest BCUT2D eigenvalue weighted by Crippen LogP contribution is 2.28. The molecule has 2 fully saturated rings. The van der Waals surface area contributed by atoms with Crippen molar-refractivity contribution in [3.8, 4) is 5.75 Å². The van der Waals surface area contributed by atoms with Crippen LogP contribution in [0.25, 0.3) is 0 Å². The van der Waals surface area contributed by atoms with Gasteiger partial charge in [-0.05, 0) is 25.3 Å². The van der Waals surface area contributed by atoms with Crippen LogP contribution < -0.4 is 4.74 Å². The summed E-state index contributed by atoms with van der Waals surface area (Å²) in [4.78, 5) is 25.0. The zero-order chi connectivity index (χ0) is 19.4. The van der Waals surface area contributed by atoms with Gasteiger partial charge in [-0.1, -0.05) is 25.3 Å². The highest BCUT2D eigenvalue weighted by Gasteiger charge is 2.38. The van der Waals surface area contributed by atoms with Gasteiger partial charge in [0.15, 0.2) is 16.4 Å². The zero-order valence-electron chi connectivity index (χ0n) is 15.1. The van der Waals surface area contributed by atoms with Crippen molar-refractivity contribution in [2.45, 2.75) is 50.6 Å². The van der Waals surface area contributed by atoms with Crippen molar-refractivity contribution in [2.75, 3.05) is 18.1 Å². The molecule has 148 valence electrons. The van der Waals surface area contributed by atoms with E-state index in [9.17, 15) is 23.3 Å². The Kier molecular flexibility index (Phi) is 5.98. The lowest BCUT2D eigenvalue weighted by molar-refractivity contribution is -0.384. The topological polar surface area (TPSA) is 107 Å². The van der Waals surface area contributed by atoms with Crippen molar-refractivity contribution < 1.29 is 22.9 Å². The van der Waals surface area contributed by atoms with E-state index in [0.29, 0.717) is 6.42 Å². The molecule has 0 spiro atoms. The Morgan fingerprint density at radius 1 is 1.19 bits per heavy atom. The summed E-state index contributed by atoms with van der Waals surface area (Å²) in [5.74, 6) is 0.113. The summed E-state index contributed by atoms with van der Waals surface area (Å²) in [5.41, 5.74) is -0.106. The third-order valence-corrected chi connectivity index (χ3v) is 7.00. The minimum atomic E-state index is -3.10. The number of amides is 1. The molecule has 8 nitrogen and oxygen atoms in total. The lowest BCUT2D eigenvalue weighted by Gasteiger charge is -2.38. The molecule has 1 aromatic rings. The Morgan fingerprint density at radius 2 is 1.93 bits per heavy atom. The molecule has 1 saturated heterocycles. The lowest BCUT2D eigenvalue weighted by atomic mass is 9.93. The van der Waals surface area contributed by atoms with Crippen LogP contribution in [-0.2, 0) is 14.6 Å². The summed E-state index contributed by atoms with van der Waals surface area (Å²) in [5, 5.41) is 10.9. The molecule has 27 heavy (non-hydrogen) atoms. The second kappa shape index (κ2) is 8.24. The second-order valence-electron chi connectivity index (χ2n) is 7.19. The van der Waals surface area contributed by atoms with Crippen LogP contribution in [0.5, 0.6) is 5.75 Å². The van der Waals surface area contributed by atoms with E-state index in [0.717, 1.165) is 32.1 Å². The van der Waals surface area contributed by atoms with Crippen LogP contribution >= 0.6 is 0 Å². The number of hydrogen-bond acceptors (Lipinski definition) is 6. The molecule has 1 amide bonds. The van der Waals surface area contributed by atoms with Crippen LogP contribution in [0, 0.1) is 10.1 Å². The van der Waals surface area contributed by atoms with Gasteiger partial charge in [0.25, 0.3) is 11.6 Å². The van der Waals surface area contributed by atoms with E-state index in [2.05, 4.69) is 0 Å². The van der Waals surface area contributed by atoms with Crippen LogP contribution in [0.4, 0.5) is 5.69 Å². The maximum atomic E-state index is 12.9. The van der Waals surface area contributed by atoms with Gasteiger partial charge in [0.2, 0.25) is 0 Å². The van der Waals surface area contributed by atoms with E-state index in [1.807, 2.05) is 0 Å². The van der Waals surface area contributed by atoms with Crippen molar-refractivity contribution >= 4 is 21.4 Å². The van der Waals surface area contributed by atoms with Crippen LogP contribution in [0.15, 0.2) is 24.3 Å². The van der Waals surface area contributed by atoms with Gasteiger partial charge in [-0.2, -0.15) is 0 Å². The number of carbonyl (C=O) groups is 1. The van der Waals surface area contributed by atoms with E-state index < -0.39 is 14.8 Å². The number of sulfone groups is 1. The summed E-state index contributed by atoms with van der Waals surface area (Å²) in [6, 6.07) is 5.42. The van der Waals surface area contributed by atoms with Gasteiger partial charge >= 0.3 is 0 Å². The number of nitro groups is 1. The molecule has 0 radical (unpaired) electrons. The van der Waals surface area contributed by atoms with E-state index in [4.69, 9.17) is 4.74 Å². The van der Waals surface area contributed by atoms with Gasteiger partial charge in [0.05, 0.1) is 22.5 Å². The SMILES string of the molecule is O=C(COc1cccc([N+](=O)[O-])c1)N(C1CCCCC1)C1CCS(=O)(=O)C1. The van der Waals surface area contributed by atoms with Gasteiger partial charge < -0.3 is 9.64 Å². The Bertz CT molecular complexity index is 804. The molecule has 1 aliphatic carbocycles. The molecule has 2 aliphatic rings. The Balaban J connectivity index is 1.70. The maximum Gasteiger partial charge on any atom is 0.273 e. The van der Waals surface area contributed by atoms with Crippen LogP contribution in [-0.4, -0.2) is 54.3 Å². The van der Waals surface area contributed by atoms with E-state index >= 15 is 0 Å². The number of benzene rings is 1. The van der Waals surface area contributed by atoms with Crippen LogP contribution in [0.1, 0.15) is 38.5 Å². The lowest BCUT2D eigenvalue weighted by Crippen LogP contribution is -2.50. The molecule has 0 bridgehead atoms. The predicted octanol–water partition coefficient (Wildman–Crippen LogP) is 2.32. The number of carbonyl (C=O) groups excluding carboxylic acids is 1. The Hall–Kier alpha value is -2.16. The number of hydrogen-bond donors (Lipinski definition) is 0. The molecule has 1 aromatic carbocycles. The maximum absolute atomic E-state index is 12.9. The number of ether oxygens (including phenoxy) is 1. The number of nitro benzene ring substituents is 1. The smallest absolute Gasteiger partial charge is 0.273 e. The largest absolute Gasteiger partial charge is 0.484 e. The Labute approximate surface area is 158 Å². The number of rotatable bonds is 6. The van der Waals surface area contributed by atoms with Crippen LogP contribution in [0.3, 0.4) is 0 Å². The zero-order valence-corrected chi connectivity index (χ0v) is 15.9. The highest BCUT2D eigenvalue weighted by atomic mass is 32.2. The average Bonchev–Trinajstić information content (AvgIpc) is 3.00. The third kappa shape index (κ3) is 4.97. The third-order valence-electron chi connectivity index (χ3n) is 5.25. The summed E-state index contributed by atoms with van der Waals surface area (Å²) in [6.07, 6.45) is 5.39. The summed E-state index contributed by atoms with van der Waals surface area (Å²) < 4.78 is 29.3. The molecule has 0 N–H and O–H groups in total. The molecule has 1 heterocycles. The molecular weight excluding hydrogens is 372 g/mol. The summed E-state index contributed by atoms with van der Waals surface area (Å²) >= 11 is 0. The van der Waals surface area contributed by atoms with E-state index in [1.165, 1.54) is 18.2 Å². The first-order valence-corrected chi connectivity index (χ1v) is 11.1. The highest BCUT2D eigenvalue weighted by molar-refractivity contribution is 7.91. The van der Waals surface area contributed by atoms with Crippen molar-refractivity contribution in [1.29, 1.82) is 0 Å². The van der Waals surface area contributed by atoms with Gasteiger partial charge in [0, 0.05) is 18.2 Å². The van der Waals surface area contributed by atoms with Gasteiger partial charge in [-0.25, -0.2) is 8.42 Å². The fourth-order valence-corrected chi connectivity index (χ4v) is 5.68. The molecule has 0 aromatic heterocycles. The summed E-state index contributed by atoms with van der Waals surface area (Å²) in [6.45, 7) is -0.256. The monoisotopic (exact) mass is 396 g/mol. The predicted molar refractivity (Wildman–Crippen MR) is 99.4 cm³/mol. The normalized spacial score (nSPS) is 22.3. The van der Waals surface area contributed by atoms with Gasteiger partial charge in [-0.15, -0.1) is 0 Å². The Morgan fingerprint density at radius 3 is 2.56 bits per heavy atom. The number of non-ortho nitro benzene ring substituents is 1. The minimum absolute atomic E-state index is 0.00600. The standard InChI is InChI=1S/C18H24N2O6S/c21-18(12-26-17-8-4-7-15(11-17)20(22)23)19(14-5-2-1-3-6-14)16-9-10-27(24,25)13-16/h4,7-8,11,14,16H,1-3,5-6,9-10,12-13H2. The summed E-state index contributed by atoms with van der Waals surface area (Å²) in [7, 11) is -3.10. The van der Waals surface area contributed by atoms with Crippen LogP contribution in [0.2, 0.25) is 0 Å². The van der Waals surface area contributed by atoms with E-state index in [1.54, 1.807) is 11.0 Å². The quantitative estimate of drug-likeness (QED) is 0.539. The van der Waals surface area contributed by atoms with Crippen molar-refractivity contribution in [3.63, 3.8) is 0 Å². The minimum Gasteiger partial charge on any atom is -0.484 e. The molecule has 1 aliphatic heterocycles. The fourth-order valence-electron chi connectivity index (χ4n) is 3.97. The van der Waals surface area contributed by atoms with Gasteiger partial charge in [-0.3, -0.25) is 14.9 Å². The second-order valence-corrected chi connectivity index (χ2v) is 9.42. The molecule has 9 heteroatoms. The first-order valence-electron chi connectivity index (χ1n) is 9.24. The fraction of sp³-hybridized carbons (Fsp3) is 0.611. The van der Waals surface area contributed by atoms with Crippen molar-refractivity contribution in [1.82, 2.24) is 4.90 Å². The van der Waals surface area contributed by atoms with E-state index in [-0.39, 0.29) is 47.5 Å². The first-order chi connectivity index (χ1) is 12.9. The molecule has 3 rings (SSSR count). The van der Waals surface area contributed by atoms with Crippen molar-refractivity contribution in [3.05, 3.63) is 34.4 Å². The van der Waals surface area contributed by atoms with Gasteiger partial charge in [0.1, 0.15) is 5.75 Å².